The van der Waals surface area contributed by atoms with E-state index in [9.17, 15) is 14.7 Å². The zero-order valence-corrected chi connectivity index (χ0v) is 16.3. The van der Waals surface area contributed by atoms with E-state index >= 15 is 0 Å². The molecule has 4 rings (SSSR count). The first-order chi connectivity index (χ1) is 13.9. The van der Waals surface area contributed by atoms with Crippen LogP contribution in [0.4, 0.5) is 0 Å². The first-order valence-corrected chi connectivity index (χ1v) is 9.39. The number of rotatable bonds is 4. The quantitative estimate of drug-likeness (QED) is 0.729. The van der Waals surface area contributed by atoms with Crippen LogP contribution in [0.5, 0.6) is 0 Å². The number of benzene rings is 2. The molecule has 7 nitrogen and oxygen atoms in total. The molecule has 3 aromatic rings. The molecule has 1 aliphatic heterocycles. The van der Waals surface area contributed by atoms with Crippen LogP contribution >= 0.6 is 0 Å². The van der Waals surface area contributed by atoms with Gasteiger partial charge in [-0.05, 0) is 56.7 Å². The van der Waals surface area contributed by atoms with Gasteiger partial charge in [-0.1, -0.05) is 17.7 Å². The summed E-state index contributed by atoms with van der Waals surface area (Å²) < 4.78 is 5.77. The van der Waals surface area contributed by atoms with Crippen molar-refractivity contribution in [3.8, 4) is 22.9 Å². The largest absolute Gasteiger partial charge is 0.481 e. The maximum Gasteiger partial charge on any atom is 0.311 e. The van der Waals surface area contributed by atoms with Gasteiger partial charge in [0.25, 0.3) is 5.91 Å². The molecule has 7 heteroatoms. The van der Waals surface area contributed by atoms with Gasteiger partial charge >= 0.3 is 5.97 Å². The van der Waals surface area contributed by atoms with Crippen molar-refractivity contribution in [2.75, 3.05) is 13.1 Å². The number of aliphatic carboxylic acids is 1. The fourth-order valence-corrected chi connectivity index (χ4v) is 3.40. The molecule has 1 amide bonds. The molecule has 29 heavy (non-hydrogen) atoms. The smallest absolute Gasteiger partial charge is 0.311 e. The van der Waals surface area contributed by atoms with E-state index in [1.165, 1.54) is 0 Å². The number of nitrogens with zero attached hydrogens (tertiary/aromatic N) is 3. The summed E-state index contributed by atoms with van der Waals surface area (Å²) in [5, 5.41) is 17.5. The van der Waals surface area contributed by atoms with Crippen LogP contribution in [0.15, 0.2) is 52.9 Å². The van der Waals surface area contributed by atoms with Gasteiger partial charge in [-0.3, -0.25) is 9.59 Å². The second-order valence-corrected chi connectivity index (χ2v) is 7.70. The summed E-state index contributed by atoms with van der Waals surface area (Å²) in [5.74, 6) is -0.235. The fourth-order valence-electron chi connectivity index (χ4n) is 3.40. The van der Waals surface area contributed by atoms with Crippen molar-refractivity contribution in [1.29, 1.82) is 0 Å². The predicted molar refractivity (Wildman–Crippen MR) is 106 cm³/mol. The maximum atomic E-state index is 12.7. The number of aryl methyl sites for hydroxylation is 1. The van der Waals surface area contributed by atoms with Crippen molar-refractivity contribution in [2.24, 2.45) is 5.41 Å². The average Bonchev–Trinajstić information content (AvgIpc) is 3.36. The van der Waals surface area contributed by atoms with Crippen LogP contribution in [-0.4, -0.2) is 45.2 Å². The molecule has 0 radical (unpaired) electrons. The molecule has 2 heterocycles. The first-order valence-electron chi connectivity index (χ1n) is 9.39. The molecule has 1 unspecified atom stereocenters. The van der Waals surface area contributed by atoms with Gasteiger partial charge in [0.15, 0.2) is 0 Å². The van der Waals surface area contributed by atoms with Gasteiger partial charge < -0.3 is 14.4 Å². The zero-order valence-electron chi connectivity index (χ0n) is 16.3. The highest BCUT2D eigenvalue weighted by Crippen LogP contribution is 2.31. The average molecular weight is 391 g/mol. The molecule has 0 aliphatic carbocycles. The third kappa shape index (κ3) is 3.63. The molecule has 1 N–H and O–H groups in total. The lowest BCUT2D eigenvalue weighted by Crippen LogP contribution is -2.34. The third-order valence-corrected chi connectivity index (χ3v) is 5.38. The lowest BCUT2D eigenvalue weighted by Gasteiger charge is -2.20. The zero-order chi connectivity index (χ0) is 20.6. The van der Waals surface area contributed by atoms with Gasteiger partial charge in [0.2, 0.25) is 11.8 Å². The Bertz CT molecular complexity index is 1060. The van der Waals surface area contributed by atoms with Crippen molar-refractivity contribution >= 4 is 11.9 Å². The van der Waals surface area contributed by atoms with E-state index in [2.05, 4.69) is 10.2 Å². The minimum Gasteiger partial charge on any atom is -0.481 e. The van der Waals surface area contributed by atoms with Crippen LogP contribution in [0.2, 0.25) is 0 Å². The van der Waals surface area contributed by atoms with Gasteiger partial charge in [0.1, 0.15) is 0 Å². The van der Waals surface area contributed by atoms with E-state index in [0.29, 0.717) is 35.9 Å². The topological polar surface area (TPSA) is 96.5 Å². The predicted octanol–water partition coefficient (Wildman–Crippen LogP) is 3.65. The van der Waals surface area contributed by atoms with Crippen LogP contribution in [0.1, 0.15) is 29.3 Å². The summed E-state index contributed by atoms with van der Waals surface area (Å²) in [5.41, 5.74) is 2.32. The standard InChI is InChI=1S/C22H21N3O4/c1-14-3-5-15(6-4-14)18-23-24-19(29-18)16-7-9-17(10-8-16)20(26)25-12-11-22(2,13-25)21(27)28/h3-10H,11-13H2,1-2H3,(H,27,28). The van der Waals surface area contributed by atoms with Crippen LogP contribution in [0.3, 0.4) is 0 Å². The van der Waals surface area contributed by atoms with Gasteiger partial charge in [0, 0.05) is 29.8 Å². The molecular formula is C22H21N3O4. The highest BCUT2D eigenvalue weighted by Gasteiger charge is 2.42. The number of amides is 1. The molecule has 2 aromatic carbocycles. The molecule has 1 aromatic heterocycles. The van der Waals surface area contributed by atoms with E-state index in [0.717, 1.165) is 11.1 Å². The summed E-state index contributed by atoms with van der Waals surface area (Å²) in [7, 11) is 0. The molecule has 1 aliphatic rings. The molecule has 0 bridgehead atoms. The molecule has 0 spiro atoms. The molecular weight excluding hydrogens is 370 g/mol. The molecule has 0 saturated carbocycles. The lowest BCUT2D eigenvalue weighted by molar-refractivity contribution is -0.147. The molecule has 1 saturated heterocycles. The SMILES string of the molecule is Cc1ccc(-c2nnc(-c3ccc(C(=O)N4CCC(C)(C(=O)O)C4)cc3)o2)cc1. The number of hydrogen-bond donors (Lipinski definition) is 1. The Morgan fingerprint density at radius 1 is 1.00 bits per heavy atom. The van der Waals surface area contributed by atoms with Crippen molar-refractivity contribution in [3.63, 3.8) is 0 Å². The van der Waals surface area contributed by atoms with Gasteiger partial charge in [-0.15, -0.1) is 10.2 Å². The van der Waals surface area contributed by atoms with E-state index in [4.69, 9.17) is 4.42 Å². The number of carboxylic acid groups (broad SMARTS) is 1. The minimum atomic E-state index is -0.883. The van der Waals surface area contributed by atoms with E-state index in [1.54, 1.807) is 36.1 Å². The monoisotopic (exact) mass is 391 g/mol. The molecule has 148 valence electrons. The van der Waals surface area contributed by atoms with Crippen LogP contribution in [0.25, 0.3) is 22.9 Å². The number of aromatic nitrogens is 2. The van der Waals surface area contributed by atoms with Gasteiger partial charge in [-0.25, -0.2) is 0 Å². The number of carbonyl (C=O) groups is 2. The number of likely N-dealkylation sites (tertiary alicyclic amines) is 1. The summed E-state index contributed by atoms with van der Waals surface area (Å²) in [6.07, 6.45) is 0.454. The third-order valence-electron chi connectivity index (χ3n) is 5.38. The van der Waals surface area contributed by atoms with Crippen molar-refractivity contribution < 1.29 is 19.1 Å². The van der Waals surface area contributed by atoms with Crippen molar-refractivity contribution in [1.82, 2.24) is 15.1 Å². The van der Waals surface area contributed by atoms with E-state index < -0.39 is 11.4 Å². The Morgan fingerprint density at radius 3 is 2.07 bits per heavy atom. The Kier molecular flexibility index (Phi) is 4.66. The number of carboxylic acids is 1. The Morgan fingerprint density at radius 2 is 1.55 bits per heavy atom. The van der Waals surface area contributed by atoms with E-state index in [1.807, 2.05) is 31.2 Å². The Balaban J connectivity index is 1.49. The highest BCUT2D eigenvalue weighted by molar-refractivity contribution is 5.95. The number of hydrogen-bond acceptors (Lipinski definition) is 5. The second kappa shape index (κ2) is 7.16. The second-order valence-electron chi connectivity index (χ2n) is 7.70. The maximum absolute atomic E-state index is 12.7. The normalized spacial score (nSPS) is 18.8. The first kappa shape index (κ1) is 18.9. The summed E-state index contributed by atoms with van der Waals surface area (Å²) in [4.78, 5) is 25.7. The summed E-state index contributed by atoms with van der Waals surface area (Å²) in [6, 6.07) is 14.7. The van der Waals surface area contributed by atoms with Crippen LogP contribution in [0, 0.1) is 12.3 Å². The van der Waals surface area contributed by atoms with Crippen LogP contribution < -0.4 is 0 Å². The van der Waals surface area contributed by atoms with Gasteiger partial charge in [-0.2, -0.15) is 0 Å². The summed E-state index contributed by atoms with van der Waals surface area (Å²) >= 11 is 0. The summed E-state index contributed by atoms with van der Waals surface area (Å²) in [6.45, 7) is 4.34. The molecule has 1 fully saturated rings. The van der Waals surface area contributed by atoms with Crippen molar-refractivity contribution in [3.05, 3.63) is 59.7 Å². The molecule has 1 atom stereocenters. The number of carbonyl (C=O) groups excluding carboxylic acids is 1. The fraction of sp³-hybridized carbons (Fsp3) is 0.273. The van der Waals surface area contributed by atoms with Gasteiger partial charge in [0.05, 0.1) is 5.41 Å². The van der Waals surface area contributed by atoms with Crippen LogP contribution in [-0.2, 0) is 4.79 Å². The lowest BCUT2D eigenvalue weighted by atomic mass is 9.90. The minimum absolute atomic E-state index is 0.174. The Labute approximate surface area is 168 Å². The van der Waals surface area contributed by atoms with E-state index in [-0.39, 0.29) is 12.5 Å². The Hall–Kier alpha value is -3.48. The highest BCUT2D eigenvalue weighted by atomic mass is 16.4. The van der Waals surface area contributed by atoms with Crippen molar-refractivity contribution in [2.45, 2.75) is 20.3 Å².